The SMILES string of the molecule is Cc1cnccc1C(C)(F)Cn1c2c(c3cc(Cl)ccc31)C1CCC(C2)N1C. The number of aromatic nitrogens is 2. The lowest BCUT2D eigenvalue weighted by Gasteiger charge is -2.33. The second-order valence-corrected chi connectivity index (χ2v) is 9.05. The first kappa shape index (κ1) is 18.1. The fourth-order valence-corrected chi connectivity index (χ4v) is 5.62. The van der Waals surface area contributed by atoms with Gasteiger partial charge in [0.05, 0.1) is 6.54 Å². The van der Waals surface area contributed by atoms with E-state index in [9.17, 15) is 0 Å². The van der Waals surface area contributed by atoms with E-state index in [2.05, 4.69) is 33.6 Å². The summed E-state index contributed by atoms with van der Waals surface area (Å²) < 4.78 is 18.2. The summed E-state index contributed by atoms with van der Waals surface area (Å²) in [6.07, 6.45) is 6.76. The highest BCUT2D eigenvalue weighted by atomic mass is 35.5. The van der Waals surface area contributed by atoms with Crippen molar-refractivity contribution < 1.29 is 4.39 Å². The number of likely N-dealkylation sites (N-methyl/N-ethyl adjacent to an activating group) is 1. The molecule has 3 atom stereocenters. The largest absolute Gasteiger partial charge is 0.341 e. The maximum Gasteiger partial charge on any atom is 0.151 e. The molecule has 2 bridgehead atoms. The highest BCUT2D eigenvalue weighted by molar-refractivity contribution is 6.31. The summed E-state index contributed by atoms with van der Waals surface area (Å²) in [6, 6.07) is 8.79. The van der Waals surface area contributed by atoms with Crippen molar-refractivity contribution in [3.8, 4) is 0 Å². The first-order chi connectivity index (χ1) is 13.4. The van der Waals surface area contributed by atoms with Crippen LogP contribution in [0.3, 0.4) is 0 Å². The molecule has 5 rings (SSSR count). The van der Waals surface area contributed by atoms with Crippen LogP contribution in [0.25, 0.3) is 10.9 Å². The second-order valence-electron chi connectivity index (χ2n) is 8.61. The van der Waals surface area contributed by atoms with E-state index in [1.165, 1.54) is 23.1 Å². The molecule has 146 valence electrons. The topological polar surface area (TPSA) is 21.1 Å². The minimum atomic E-state index is -1.48. The van der Waals surface area contributed by atoms with Gasteiger partial charge in [-0.15, -0.1) is 0 Å². The zero-order chi connectivity index (χ0) is 19.6. The van der Waals surface area contributed by atoms with Gasteiger partial charge in [0.15, 0.2) is 5.67 Å². The Kier molecular flexibility index (Phi) is 4.08. The van der Waals surface area contributed by atoms with E-state index in [1.54, 1.807) is 19.3 Å². The predicted octanol–water partition coefficient (Wildman–Crippen LogP) is 5.57. The summed E-state index contributed by atoms with van der Waals surface area (Å²) >= 11 is 6.35. The van der Waals surface area contributed by atoms with Crippen LogP contribution in [0.15, 0.2) is 36.7 Å². The van der Waals surface area contributed by atoms with Crippen LogP contribution in [-0.4, -0.2) is 27.5 Å². The van der Waals surface area contributed by atoms with E-state index in [4.69, 9.17) is 11.6 Å². The van der Waals surface area contributed by atoms with Gasteiger partial charge < -0.3 is 4.57 Å². The highest BCUT2D eigenvalue weighted by Gasteiger charge is 2.42. The third kappa shape index (κ3) is 2.61. The van der Waals surface area contributed by atoms with Crippen LogP contribution >= 0.6 is 11.6 Å². The Balaban J connectivity index is 1.69. The van der Waals surface area contributed by atoms with Crippen LogP contribution in [0.4, 0.5) is 4.39 Å². The molecular formula is C23H25ClFN3. The third-order valence-corrected chi connectivity index (χ3v) is 7.05. The van der Waals surface area contributed by atoms with Gasteiger partial charge in [-0.1, -0.05) is 11.6 Å². The van der Waals surface area contributed by atoms with Crippen LogP contribution in [0.2, 0.25) is 5.02 Å². The van der Waals surface area contributed by atoms with Crippen LogP contribution in [0.1, 0.15) is 48.2 Å². The van der Waals surface area contributed by atoms with Crippen molar-refractivity contribution in [3.05, 3.63) is 64.1 Å². The fourth-order valence-electron chi connectivity index (χ4n) is 5.45. The van der Waals surface area contributed by atoms with Crippen LogP contribution in [0.5, 0.6) is 0 Å². The maximum absolute atomic E-state index is 16.0. The molecule has 1 saturated heterocycles. The van der Waals surface area contributed by atoms with Crippen LogP contribution in [-0.2, 0) is 18.6 Å². The van der Waals surface area contributed by atoms with Gasteiger partial charge in [0.25, 0.3) is 0 Å². The Labute approximate surface area is 170 Å². The fraction of sp³-hybridized carbons (Fsp3) is 0.435. The molecule has 28 heavy (non-hydrogen) atoms. The van der Waals surface area contributed by atoms with Gasteiger partial charge in [-0.05, 0) is 74.7 Å². The number of hydrogen-bond acceptors (Lipinski definition) is 2. The number of benzene rings is 1. The standard InChI is InChI=1S/C23H25ClFN3/c1-14-12-26-9-8-18(14)23(2,25)13-28-19-6-4-15(24)10-17(19)22-20-7-5-16(27(20)3)11-21(22)28/h4,6,8-10,12,16,20H,5,7,11,13H2,1-3H3. The van der Waals surface area contributed by atoms with Crippen molar-refractivity contribution in [2.24, 2.45) is 0 Å². The third-order valence-electron chi connectivity index (χ3n) is 6.82. The number of rotatable bonds is 3. The molecule has 0 radical (unpaired) electrons. The Morgan fingerprint density at radius 3 is 2.89 bits per heavy atom. The Bertz CT molecular complexity index is 1070. The van der Waals surface area contributed by atoms with Crippen molar-refractivity contribution in [1.82, 2.24) is 14.5 Å². The molecule has 0 spiro atoms. The molecule has 4 heterocycles. The quantitative estimate of drug-likeness (QED) is 0.575. The molecule has 0 amide bonds. The molecule has 1 aromatic carbocycles. The zero-order valence-corrected chi connectivity index (χ0v) is 17.3. The number of aryl methyl sites for hydroxylation is 1. The Morgan fingerprint density at radius 1 is 1.29 bits per heavy atom. The van der Waals surface area contributed by atoms with E-state index in [0.717, 1.165) is 28.9 Å². The first-order valence-corrected chi connectivity index (χ1v) is 10.4. The molecule has 0 saturated carbocycles. The number of halogens is 2. The molecule has 2 aliphatic rings. The second kappa shape index (κ2) is 6.30. The molecule has 1 fully saturated rings. The van der Waals surface area contributed by atoms with Crippen molar-refractivity contribution in [3.63, 3.8) is 0 Å². The Hall–Kier alpha value is -1.91. The molecule has 3 nitrogen and oxygen atoms in total. The lowest BCUT2D eigenvalue weighted by Crippen LogP contribution is -2.35. The summed E-state index contributed by atoms with van der Waals surface area (Å²) in [6.45, 7) is 3.92. The molecule has 2 aromatic heterocycles. The van der Waals surface area contributed by atoms with Crippen molar-refractivity contribution >= 4 is 22.5 Å². The molecule has 0 N–H and O–H groups in total. The number of hydrogen-bond donors (Lipinski definition) is 0. The molecule has 3 aromatic rings. The van der Waals surface area contributed by atoms with Gasteiger partial charge in [0, 0.05) is 52.5 Å². The number of pyridine rings is 1. The van der Waals surface area contributed by atoms with Gasteiger partial charge in [-0.3, -0.25) is 9.88 Å². The van der Waals surface area contributed by atoms with Gasteiger partial charge in [0.2, 0.25) is 0 Å². The van der Waals surface area contributed by atoms with Crippen LogP contribution < -0.4 is 0 Å². The van der Waals surface area contributed by atoms with E-state index in [-0.39, 0.29) is 0 Å². The first-order valence-electron chi connectivity index (χ1n) is 9.99. The molecule has 0 aliphatic carbocycles. The number of fused-ring (bicyclic) bond motifs is 6. The van der Waals surface area contributed by atoms with E-state index < -0.39 is 5.67 Å². The average molecular weight is 398 g/mol. The summed E-state index contributed by atoms with van der Waals surface area (Å²) in [4.78, 5) is 6.62. The normalized spacial score (nSPS) is 23.8. The van der Waals surface area contributed by atoms with Gasteiger partial charge in [-0.2, -0.15) is 0 Å². The molecule has 3 unspecified atom stereocenters. The molecule has 5 heteroatoms. The summed E-state index contributed by atoms with van der Waals surface area (Å²) in [5, 5.41) is 1.92. The number of nitrogens with zero attached hydrogens (tertiary/aromatic N) is 3. The minimum absolute atomic E-state index is 0.300. The lowest BCUT2D eigenvalue weighted by atomic mass is 9.94. The zero-order valence-electron chi connectivity index (χ0n) is 16.5. The average Bonchev–Trinajstić information content (AvgIpc) is 3.05. The van der Waals surface area contributed by atoms with Gasteiger partial charge in [-0.25, -0.2) is 4.39 Å². The summed E-state index contributed by atoms with van der Waals surface area (Å²) in [7, 11) is 2.22. The van der Waals surface area contributed by atoms with E-state index in [1.807, 2.05) is 19.1 Å². The lowest BCUT2D eigenvalue weighted by molar-refractivity contribution is 0.158. The van der Waals surface area contributed by atoms with Crippen molar-refractivity contribution in [1.29, 1.82) is 0 Å². The molecular weight excluding hydrogens is 373 g/mol. The van der Waals surface area contributed by atoms with Crippen LogP contribution in [0, 0.1) is 6.92 Å². The summed E-state index contributed by atoms with van der Waals surface area (Å²) in [5.74, 6) is 0. The van der Waals surface area contributed by atoms with E-state index >= 15 is 4.39 Å². The minimum Gasteiger partial charge on any atom is -0.341 e. The summed E-state index contributed by atoms with van der Waals surface area (Å²) in [5.41, 5.74) is 3.86. The van der Waals surface area contributed by atoms with Crippen molar-refractivity contribution in [2.75, 3.05) is 7.05 Å². The predicted molar refractivity (Wildman–Crippen MR) is 112 cm³/mol. The van der Waals surface area contributed by atoms with E-state index in [0.29, 0.717) is 24.2 Å². The van der Waals surface area contributed by atoms with Gasteiger partial charge >= 0.3 is 0 Å². The van der Waals surface area contributed by atoms with Crippen molar-refractivity contribution in [2.45, 2.75) is 57.4 Å². The maximum atomic E-state index is 16.0. The number of alkyl halides is 1. The Morgan fingerprint density at radius 2 is 2.11 bits per heavy atom. The highest BCUT2D eigenvalue weighted by Crippen LogP contribution is 2.48. The van der Waals surface area contributed by atoms with Gasteiger partial charge in [0.1, 0.15) is 0 Å². The molecule has 2 aliphatic heterocycles. The smallest absolute Gasteiger partial charge is 0.151 e. The monoisotopic (exact) mass is 397 g/mol.